The average Bonchev–Trinajstić information content (AvgIpc) is 2.10. The smallest absolute Gasteiger partial charge is 0.235 e. The Morgan fingerprint density at radius 3 is 2.29 bits per heavy atom. The molecule has 0 bridgehead atoms. The first-order chi connectivity index (χ1) is 6.47. The molecule has 0 saturated heterocycles. The molecular weight excluding hydrogens is 190 g/mol. The summed E-state index contributed by atoms with van der Waals surface area (Å²) in [4.78, 5) is 21.2. The molecule has 7 N–H and O–H groups in total. The topological polar surface area (TPSA) is 139 Å². The standard InChI is InChI=1S/C7H15N3O4/c8-6(13)1-5(7(9)14)10-2-4(12)3-11/h4-5,10-12H,1-3H2,(H2,8,13)(H2,9,14). The van der Waals surface area contributed by atoms with Gasteiger partial charge in [0.1, 0.15) is 0 Å². The first-order valence-electron chi connectivity index (χ1n) is 4.07. The summed E-state index contributed by atoms with van der Waals surface area (Å²) in [7, 11) is 0. The van der Waals surface area contributed by atoms with Crippen molar-refractivity contribution in [1.82, 2.24) is 5.32 Å². The van der Waals surface area contributed by atoms with Crippen LogP contribution in [0.25, 0.3) is 0 Å². The molecule has 0 aliphatic rings. The molecule has 0 heterocycles. The quantitative estimate of drug-likeness (QED) is 0.295. The summed E-state index contributed by atoms with van der Waals surface area (Å²) in [6, 6.07) is -0.909. The number of primary amides is 2. The van der Waals surface area contributed by atoms with Gasteiger partial charge >= 0.3 is 0 Å². The highest BCUT2D eigenvalue weighted by molar-refractivity contribution is 5.86. The molecule has 0 rings (SSSR count). The lowest BCUT2D eigenvalue weighted by molar-refractivity contribution is -0.125. The van der Waals surface area contributed by atoms with Gasteiger partial charge in [-0.05, 0) is 0 Å². The monoisotopic (exact) mass is 205 g/mol. The zero-order chi connectivity index (χ0) is 11.1. The van der Waals surface area contributed by atoms with E-state index in [4.69, 9.17) is 21.7 Å². The van der Waals surface area contributed by atoms with Gasteiger partial charge in [0.2, 0.25) is 11.8 Å². The summed E-state index contributed by atoms with van der Waals surface area (Å²) in [5.74, 6) is -1.39. The largest absolute Gasteiger partial charge is 0.394 e. The molecule has 0 aromatic rings. The Hall–Kier alpha value is -1.18. The highest BCUT2D eigenvalue weighted by Crippen LogP contribution is 1.90. The number of carbonyl (C=O) groups is 2. The van der Waals surface area contributed by atoms with Gasteiger partial charge in [-0.15, -0.1) is 0 Å². The number of hydrogen-bond acceptors (Lipinski definition) is 5. The van der Waals surface area contributed by atoms with Crippen molar-refractivity contribution in [3.05, 3.63) is 0 Å². The van der Waals surface area contributed by atoms with Crippen molar-refractivity contribution in [3.63, 3.8) is 0 Å². The second-order valence-corrected chi connectivity index (χ2v) is 2.87. The molecule has 0 spiro atoms. The maximum Gasteiger partial charge on any atom is 0.235 e. The molecule has 7 nitrogen and oxygen atoms in total. The Morgan fingerprint density at radius 1 is 1.36 bits per heavy atom. The summed E-state index contributed by atoms with van der Waals surface area (Å²) in [6.45, 7) is -0.466. The van der Waals surface area contributed by atoms with Crippen molar-refractivity contribution >= 4 is 11.8 Å². The molecular formula is C7H15N3O4. The summed E-state index contributed by atoms with van der Waals surface area (Å²) >= 11 is 0. The van der Waals surface area contributed by atoms with Crippen LogP contribution in [0.3, 0.4) is 0 Å². The molecule has 2 atom stereocenters. The van der Waals surface area contributed by atoms with Gasteiger partial charge in [-0.2, -0.15) is 0 Å². The first-order valence-corrected chi connectivity index (χ1v) is 4.07. The fourth-order valence-corrected chi connectivity index (χ4v) is 0.817. The summed E-state index contributed by atoms with van der Waals surface area (Å²) in [5.41, 5.74) is 9.83. The van der Waals surface area contributed by atoms with Crippen molar-refractivity contribution in [2.24, 2.45) is 11.5 Å². The fourth-order valence-electron chi connectivity index (χ4n) is 0.817. The molecule has 0 radical (unpaired) electrons. The van der Waals surface area contributed by atoms with Crippen LogP contribution in [0.15, 0.2) is 0 Å². The number of amides is 2. The third-order valence-corrected chi connectivity index (χ3v) is 1.56. The van der Waals surface area contributed by atoms with Gasteiger partial charge in [0.25, 0.3) is 0 Å². The first kappa shape index (κ1) is 12.8. The minimum atomic E-state index is -0.996. The second-order valence-electron chi connectivity index (χ2n) is 2.87. The van der Waals surface area contributed by atoms with Crippen molar-refractivity contribution in [3.8, 4) is 0 Å². The molecule has 2 unspecified atom stereocenters. The predicted octanol–water partition coefficient (Wildman–Crippen LogP) is -3.34. The summed E-state index contributed by atoms with van der Waals surface area (Å²) in [6.07, 6.45) is -1.22. The maximum absolute atomic E-state index is 10.7. The van der Waals surface area contributed by atoms with Crippen molar-refractivity contribution in [2.75, 3.05) is 13.2 Å². The SMILES string of the molecule is NC(=O)CC(NCC(O)CO)C(N)=O. The van der Waals surface area contributed by atoms with E-state index in [0.717, 1.165) is 0 Å². The van der Waals surface area contributed by atoms with E-state index < -0.39 is 30.6 Å². The molecule has 2 amide bonds. The van der Waals surface area contributed by atoms with Crippen LogP contribution in [0.4, 0.5) is 0 Å². The van der Waals surface area contributed by atoms with E-state index in [1.54, 1.807) is 0 Å². The molecule has 0 aliphatic heterocycles. The molecule has 0 aromatic carbocycles. The van der Waals surface area contributed by atoms with Gasteiger partial charge in [-0.1, -0.05) is 0 Å². The number of nitrogens with one attached hydrogen (secondary N) is 1. The van der Waals surface area contributed by atoms with E-state index in [2.05, 4.69) is 5.32 Å². The van der Waals surface area contributed by atoms with E-state index in [9.17, 15) is 9.59 Å². The molecule has 0 aromatic heterocycles. The van der Waals surface area contributed by atoms with Crippen LogP contribution in [-0.2, 0) is 9.59 Å². The third kappa shape index (κ3) is 5.46. The lowest BCUT2D eigenvalue weighted by atomic mass is 10.2. The van der Waals surface area contributed by atoms with E-state index in [1.165, 1.54) is 0 Å². The summed E-state index contributed by atoms with van der Waals surface area (Å²) in [5, 5.41) is 19.9. The number of rotatable bonds is 7. The van der Waals surface area contributed by atoms with Crippen LogP contribution in [0.5, 0.6) is 0 Å². The fraction of sp³-hybridized carbons (Fsp3) is 0.714. The minimum Gasteiger partial charge on any atom is -0.394 e. The van der Waals surface area contributed by atoms with Gasteiger partial charge < -0.3 is 27.0 Å². The van der Waals surface area contributed by atoms with Gasteiger partial charge in [0.05, 0.1) is 25.2 Å². The number of aliphatic hydroxyl groups is 2. The minimum absolute atomic E-state index is 0.0304. The molecule has 0 saturated carbocycles. The number of hydrogen-bond donors (Lipinski definition) is 5. The number of nitrogens with two attached hydrogens (primary N) is 2. The highest BCUT2D eigenvalue weighted by Gasteiger charge is 2.18. The number of aliphatic hydroxyl groups excluding tert-OH is 2. The Balaban J connectivity index is 3.97. The van der Waals surface area contributed by atoms with E-state index >= 15 is 0 Å². The van der Waals surface area contributed by atoms with Crippen molar-refractivity contribution in [1.29, 1.82) is 0 Å². The van der Waals surface area contributed by atoms with E-state index in [0.29, 0.717) is 0 Å². The van der Waals surface area contributed by atoms with Crippen LogP contribution in [0.2, 0.25) is 0 Å². The number of carbonyl (C=O) groups excluding carboxylic acids is 2. The van der Waals surface area contributed by atoms with Gasteiger partial charge in [0.15, 0.2) is 0 Å². The lowest BCUT2D eigenvalue weighted by Gasteiger charge is -2.15. The van der Waals surface area contributed by atoms with Gasteiger partial charge in [0, 0.05) is 6.54 Å². The van der Waals surface area contributed by atoms with Crippen LogP contribution < -0.4 is 16.8 Å². The molecule has 0 aliphatic carbocycles. The molecule has 0 fully saturated rings. The van der Waals surface area contributed by atoms with E-state index in [1.807, 2.05) is 0 Å². The zero-order valence-electron chi connectivity index (χ0n) is 7.64. The zero-order valence-corrected chi connectivity index (χ0v) is 7.64. The molecule has 82 valence electrons. The normalized spacial score (nSPS) is 14.7. The Morgan fingerprint density at radius 2 is 1.93 bits per heavy atom. The van der Waals surface area contributed by atoms with Crippen molar-refractivity contribution in [2.45, 2.75) is 18.6 Å². The van der Waals surface area contributed by atoms with Crippen LogP contribution in [0, 0.1) is 0 Å². The third-order valence-electron chi connectivity index (χ3n) is 1.56. The summed E-state index contributed by atoms with van der Waals surface area (Å²) < 4.78 is 0. The Kier molecular flexibility index (Phi) is 5.77. The Bertz CT molecular complexity index is 209. The maximum atomic E-state index is 10.7. The second kappa shape index (κ2) is 6.30. The molecule has 14 heavy (non-hydrogen) atoms. The lowest BCUT2D eigenvalue weighted by Crippen LogP contribution is -2.46. The van der Waals surface area contributed by atoms with Crippen LogP contribution >= 0.6 is 0 Å². The van der Waals surface area contributed by atoms with Crippen molar-refractivity contribution < 1.29 is 19.8 Å². The Labute approximate surface area is 81.1 Å². The highest BCUT2D eigenvalue weighted by atomic mass is 16.3. The van der Waals surface area contributed by atoms with Crippen LogP contribution in [-0.4, -0.2) is 47.3 Å². The predicted molar refractivity (Wildman–Crippen MR) is 47.9 cm³/mol. The van der Waals surface area contributed by atoms with E-state index in [-0.39, 0.29) is 13.0 Å². The average molecular weight is 205 g/mol. The van der Waals surface area contributed by atoms with Gasteiger partial charge in [-0.3, -0.25) is 9.59 Å². The van der Waals surface area contributed by atoms with Crippen LogP contribution in [0.1, 0.15) is 6.42 Å². The molecule has 7 heteroatoms. The van der Waals surface area contributed by atoms with Gasteiger partial charge in [-0.25, -0.2) is 0 Å².